The van der Waals surface area contributed by atoms with Crippen LogP contribution in [-0.2, 0) is 0 Å². The van der Waals surface area contributed by atoms with E-state index in [1.165, 1.54) is 0 Å². The van der Waals surface area contributed by atoms with Gasteiger partial charge in [0.2, 0.25) is 0 Å². The zero-order chi connectivity index (χ0) is 18.8. The Morgan fingerprint density at radius 1 is 0.963 bits per heavy atom. The number of para-hydroxylation sites is 1. The van der Waals surface area contributed by atoms with Crippen molar-refractivity contribution >= 4 is 33.2 Å². The Morgan fingerprint density at radius 2 is 1.67 bits per heavy atom. The monoisotopic (exact) mass is 440 g/mol. The Balaban J connectivity index is 1.75. The number of rotatable bonds is 3. The van der Waals surface area contributed by atoms with Crippen LogP contribution >= 0.6 is 27.5 Å². The number of aromatic hydroxyl groups is 1. The molecule has 1 heterocycles. The molecule has 0 saturated heterocycles. The quantitative estimate of drug-likeness (QED) is 0.521. The third-order valence-corrected chi connectivity index (χ3v) is 5.50. The molecule has 3 nitrogen and oxygen atoms in total. The number of aliphatic imine (C=N–C) groups is 1. The molecule has 0 aromatic heterocycles. The van der Waals surface area contributed by atoms with Gasteiger partial charge >= 0.3 is 0 Å². The fourth-order valence-electron chi connectivity index (χ4n) is 3.32. The molecular formula is C22H18BrClN2O. The highest BCUT2D eigenvalue weighted by Crippen LogP contribution is 2.34. The Hall–Kier alpha value is -2.14. The predicted molar refractivity (Wildman–Crippen MR) is 113 cm³/mol. The standard InChI is InChI=1S/C22H18BrClN2O/c23-16-9-5-15(6-10-16)22-25-19(14-7-11-17(24)12-8-14)13-20(26-22)18-3-1-2-4-21(18)27/h1-12,20,22,26-27H,13H2/t20-,22+/m0/s1. The zero-order valence-corrected chi connectivity index (χ0v) is 16.8. The van der Waals surface area contributed by atoms with Gasteiger partial charge in [0.1, 0.15) is 11.9 Å². The van der Waals surface area contributed by atoms with Gasteiger partial charge in [0.25, 0.3) is 0 Å². The van der Waals surface area contributed by atoms with Crippen LogP contribution in [0.3, 0.4) is 0 Å². The maximum absolute atomic E-state index is 10.3. The third kappa shape index (κ3) is 4.08. The second-order valence-corrected chi connectivity index (χ2v) is 7.87. The van der Waals surface area contributed by atoms with Crippen LogP contribution in [0.2, 0.25) is 5.02 Å². The molecule has 27 heavy (non-hydrogen) atoms. The fraction of sp³-hybridized carbons (Fsp3) is 0.136. The van der Waals surface area contributed by atoms with Gasteiger partial charge in [-0.05, 0) is 41.5 Å². The van der Waals surface area contributed by atoms with Crippen LogP contribution in [0.1, 0.15) is 35.3 Å². The molecule has 0 unspecified atom stereocenters. The van der Waals surface area contributed by atoms with Gasteiger partial charge in [-0.2, -0.15) is 0 Å². The van der Waals surface area contributed by atoms with Crippen molar-refractivity contribution in [3.8, 4) is 5.75 Å². The lowest BCUT2D eigenvalue weighted by atomic mass is 9.93. The number of nitrogens with one attached hydrogen (secondary N) is 1. The third-order valence-electron chi connectivity index (χ3n) is 4.72. The van der Waals surface area contributed by atoms with E-state index in [-0.39, 0.29) is 12.2 Å². The maximum atomic E-state index is 10.3. The van der Waals surface area contributed by atoms with Gasteiger partial charge in [0, 0.05) is 33.2 Å². The van der Waals surface area contributed by atoms with E-state index in [0.29, 0.717) is 17.2 Å². The van der Waals surface area contributed by atoms with Crippen LogP contribution in [0.5, 0.6) is 5.75 Å². The van der Waals surface area contributed by atoms with Gasteiger partial charge in [-0.3, -0.25) is 10.3 Å². The number of hydrogen-bond donors (Lipinski definition) is 2. The highest BCUT2D eigenvalue weighted by molar-refractivity contribution is 9.10. The van der Waals surface area contributed by atoms with Crippen LogP contribution < -0.4 is 5.32 Å². The molecule has 1 aliphatic heterocycles. The number of hydrogen-bond acceptors (Lipinski definition) is 3. The largest absolute Gasteiger partial charge is 0.508 e. The molecular weight excluding hydrogens is 424 g/mol. The molecule has 0 spiro atoms. The van der Waals surface area contributed by atoms with Gasteiger partial charge in [-0.1, -0.05) is 70.0 Å². The number of halogens is 2. The summed E-state index contributed by atoms with van der Waals surface area (Å²) in [4.78, 5) is 4.95. The van der Waals surface area contributed by atoms with E-state index in [2.05, 4.69) is 33.4 Å². The van der Waals surface area contributed by atoms with Crippen molar-refractivity contribution in [2.45, 2.75) is 18.6 Å². The smallest absolute Gasteiger partial charge is 0.126 e. The Bertz CT molecular complexity index is 970. The summed E-state index contributed by atoms with van der Waals surface area (Å²) in [7, 11) is 0. The summed E-state index contributed by atoms with van der Waals surface area (Å²) in [6, 6.07) is 23.3. The summed E-state index contributed by atoms with van der Waals surface area (Å²) >= 11 is 9.53. The van der Waals surface area contributed by atoms with Crippen molar-refractivity contribution in [2.75, 3.05) is 0 Å². The van der Waals surface area contributed by atoms with Gasteiger partial charge in [-0.15, -0.1) is 0 Å². The van der Waals surface area contributed by atoms with Crippen LogP contribution in [-0.4, -0.2) is 10.8 Å². The number of phenols is 1. The molecule has 2 atom stereocenters. The average Bonchev–Trinajstić information content (AvgIpc) is 2.69. The maximum Gasteiger partial charge on any atom is 0.126 e. The Kier molecular flexibility index (Phi) is 5.30. The van der Waals surface area contributed by atoms with E-state index in [9.17, 15) is 5.11 Å². The van der Waals surface area contributed by atoms with E-state index in [1.54, 1.807) is 6.07 Å². The molecule has 3 aromatic carbocycles. The number of benzene rings is 3. The van der Waals surface area contributed by atoms with Crippen LogP contribution in [0.15, 0.2) is 82.3 Å². The van der Waals surface area contributed by atoms with E-state index in [1.807, 2.05) is 54.6 Å². The molecule has 0 radical (unpaired) electrons. The summed E-state index contributed by atoms with van der Waals surface area (Å²) in [5.74, 6) is 0.293. The summed E-state index contributed by atoms with van der Waals surface area (Å²) in [6.07, 6.45) is 0.494. The van der Waals surface area contributed by atoms with E-state index >= 15 is 0 Å². The minimum atomic E-state index is -0.192. The topological polar surface area (TPSA) is 44.6 Å². The highest BCUT2D eigenvalue weighted by atomic mass is 79.9. The molecule has 0 aliphatic carbocycles. The molecule has 1 aliphatic rings. The molecule has 0 saturated carbocycles. The summed E-state index contributed by atoms with van der Waals surface area (Å²) in [5.41, 5.74) is 3.99. The van der Waals surface area contributed by atoms with Gasteiger partial charge in [-0.25, -0.2) is 0 Å². The SMILES string of the molecule is Oc1ccccc1[C@@H]1CC(c2ccc(Cl)cc2)=N[C@@H](c2ccc(Br)cc2)N1. The van der Waals surface area contributed by atoms with Crippen molar-refractivity contribution in [3.05, 3.63) is 99.0 Å². The lowest BCUT2D eigenvalue weighted by Gasteiger charge is -2.31. The van der Waals surface area contributed by atoms with Gasteiger partial charge in [0.05, 0.1) is 0 Å². The second-order valence-electron chi connectivity index (χ2n) is 6.52. The molecule has 3 aromatic rings. The first-order valence-corrected chi connectivity index (χ1v) is 9.89. The normalized spacial score (nSPS) is 19.6. The van der Waals surface area contributed by atoms with E-state index in [0.717, 1.165) is 26.9 Å². The molecule has 5 heteroatoms. The Morgan fingerprint density at radius 3 is 2.37 bits per heavy atom. The minimum Gasteiger partial charge on any atom is -0.508 e. The van der Waals surface area contributed by atoms with Crippen molar-refractivity contribution in [3.63, 3.8) is 0 Å². The minimum absolute atomic E-state index is 0.0389. The zero-order valence-electron chi connectivity index (χ0n) is 14.4. The second kappa shape index (κ2) is 7.85. The molecule has 136 valence electrons. The van der Waals surface area contributed by atoms with Crippen molar-refractivity contribution in [2.24, 2.45) is 4.99 Å². The van der Waals surface area contributed by atoms with Crippen LogP contribution in [0.25, 0.3) is 0 Å². The molecule has 4 rings (SSSR count). The van der Waals surface area contributed by atoms with Crippen LogP contribution in [0, 0.1) is 0 Å². The average molecular weight is 442 g/mol. The molecule has 0 amide bonds. The first kappa shape index (κ1) is 18.2. The number of nitrogens with zero attached hydrogens (tertiary/aromatic N) is 1. The highest BCUT2D eigenvalue weighted by Gasteiger charge is 2.27. The van der Waals surface area contributed by atoms with Gasteiger partial charge in [0.15, 0.2) is 0 Å². The fourth-order valence-corrected chi connectivity index (χ4v) is 3.71. The van der Waals surface area contributed by atoms with Crippen LogP contribution in [0.4, 0.5) is 0 Å². The molecule has 2 N–H and O–H groups in total. The summed E-state index contributed by atoms with van der Waals surface area (Å²) in [6.45, 7) is 0. The number of phenolic OH excluding ortho intramolecular Hbond substituents is 1. The molecule has 0 fully saturated rings. The first-order chi connectivity index (χ1) is 13.1. The van der Waals surface area contributed by atoms with E-state index < -0.39 is 0 Å². The lowest BCUT2D eigenvalue weighted by molar-refractivity contribution is 0.412. The van der Waals surface area contributed by atoms with Gasteiger partial charge < -0.3 is 5.11 Å². The van der Waals surface area contributed by atoms with E-state index in [4.69, 9.17) is 16.6 Å². The van der Waals surface area contributed by atoms with Crippen molar-refractivity contribution in [1.82, 2.24) is 5.32 Å². The van der Waals surface area contributed by atoms with Crippen molar-refractivity contribution in [1.29, 1.82) is 0 Å². The Labute approximate surface area is 171 Å². The predicted octanol–water partition coefficient (Wildman–Crippen LogP) is 6.03. The van der Waals surface area contributed by atoms with Crippen molar-refractivity contribution < 1.29 is 5.11 Å². The molecule has 0 bridgehead atoms. The lowest BCUT2D eigenvalue weighted by Crippen LogP contribution is -2.33. The summed E-state index contributed by atoms with van der Waals surface area (Å²) < 4.78 is 1.03. The summed E-state index contributed by atoms with van der Waals surface area (Å²) in [5, 5.41) is 14.6. The first-order valence-electron chi connectivity index (χ1n) is 8.72.